The maximum atomic E-state index is 12.7. The van der Waals surface area contributed by atoms with Gasteiger partial charge in [-0.15, -0.1) is 0 Å². The van der Waals surface area contributed by atoms with Gasteiger partial charge in [0.15, 0.2) is 0 Å². The van der Waals surface area contributed by atoms with Crippen molar-refractivity contribution in [3.8, 4) is 0 Å². The molecule has 2 aromatic carbocycles. The number of anilines is 1. The maximum Gasteiger partial charge on any atom is 0.300 e. The number of aryl methyl sites for hydroxylation is 1. The molecular formula is C23H23N5O6S2. The molecule has 0 bridgehead atoms. The van der Waals surface area contributed by atoms with Crippen molar-refractivity contribution in [3.63, 3.8) is 0 Å². The molecule has 1 saturated heterocycles. The van der Waals surface area contributed by atoms with Gasteiger partial charge in [-0.3, -0.25) is 45.6 Å². The van der Waals surface area contributed by atoms with Crippen molar-refractivity contribution >= 4 is 63.3 Å². The zero-order valence-corrected chi connectivity index (χ0v) is 20.9. The average Bonchev–Trinajstić information content (AvgIpc) is 3.10. The first-order valence-corrected chi connectivity index (χ1v) is 12.2. The van der Waals surface area contributed by atoms with E-state index < -0.39 is 27.1 Å². The minimum atomic E-state index is -0.773. The lowest BCUT2D eigenvalue weighted by molar-refractivity contribution is -0.393. The Labute approximate surface area is 216 Å². The van der Waals surface area contributed by atoms with E-state index in [1.165, 1.54) is 11.8 Å². The number of nitrogens with zero attached hydrogens (tertiary/aromatic N) is 3. The second-order valence-electron chi connectivity index (χ2n) is 7.94. The van der Waals surface area contributed by atoms with Crippen molar-refractivity contribution in [2.24, 2.45) is 0 Å². The van der Waals surface area contributed by atoms with Crippen LogP contribution in [-0.4, -0.2) is 37.4 Å². The number of hydrogen-bond donors (Lipinski definition) is 2. The summed E-state index contributed by atoms with van der Waals surface area (Å²) in [6.07, 6.45) is 3.83. The predicted molar refractivity (Wildman–Crippen MR) is 141 cm³/mol. The Kier molecular flexibility index (Phi) is 9.08. The zero-order chi connectivity index (χ0) is 26.2. The first kappa shape index (κ1) is 26.8. The summed E-state index contributed by atoms with van der Waals surface area (Å²) in [6.45, 7) is 2.44. The molecule has 0 radical (unpaired) electrons. The van der Waals surface area contributed by atoms with Crippen molar-refractivity contribution in [3.05, 3.63) is 78.7 Å². The van der Waals surface area contributed by atoms with Crippen molar-refractivity contribution in [1.29, 1.82) is 0 Å². The number of nitro groups is 2. The molecule has 13 heteroatoms. The summed E-state index contributed by atoms with van der Waals surface area (Å²) in [4.78, 5) is 47.4. The third-order valence-electron chi connectivity index (χ3n) is 5.26. The van der Waals surface area contributed by atoms with Gasteiger partial charge in [0.1, 0.15) is 10.0 Å². The Bertz CT molecular complexity index is 1230. The second kappa shape index (κ2) is 12.2. The number of thiocarbonyl (C=S) groups is 1. The minimum absolute atomic E-state index is 0.0630. The molecule has 11 nitrogen and oxygen atoms in total. The summed E-state index contributed by atoms with van der Waals surface area (Å²) in [7, 11) is 0. The Morgan fingerprint density at radius 2 is 1.81 bits per heavy atom. The fourth-order valence-corrected chi connectivity index (χ4v) is 4.64. The highest BCUT2D eigenvalue weighted by atomic mass is 32.2. The van der Waals surface area contributed by atoms with E-state index in [1.54, 1.807) is 4.90 Å². The summed E-state index contributed by atoms with van der Waals surface area (Å²) in [5, 5.41) is 22.0. The van der Waals surface area contributed by atoms with Crippen LogP contribution >= 0.6 is 24.0 Å². The third kappa shape index (κ3) is 7.09. The number of nitrogens with one attached hydrogen (secondary N) is 2. The van der Waals surface area contributed by atoms with Gasteiger partial charge in [-0.05, 0) is 37.5 Å². The molecule has 0 aliphatic carbocycles. The van der Waals surface area contributed by atoms with E-state index in [2.05, 4.69) is 10.9 Å². The maximum absolute atomic E-state index is 12.7. The van der Waals surface area contributed by atoms with Gasteiger partial charge in [0.25, 0.3) is 11.6 Å². The van der Waals surface area contributed by atoms with Crippen LogP contribution in [0.3, 0.4) is 0 Å². The summed E-state index contributed by atoms with van der Waals surface area (Å²) in [5.41, 5.74) is 5.86. The van der Waals surface area contributed by atoms with Crippen molar-refractivity contribution in [2.45, 2.75) is 32.6 Å². The number of carbonyl (C=O) groups is 2. The molecule has 1 aliphatic heterocycles. The molecule has 1 heterocycles. The zero-order valence-electron chi connectivity index (χ0n) is 19.3. The molecule has 36 heavy (non-hydrogen) atoms. The van der Waals surface area contributed by atoms with E-state index in [4.69, 9.17) is 12.2 Å². The molecule has 0 aromatic heterocycles. The quantitative estimate of drug-likeness (QED) is 0.139. The fourth-order valence-electron chi connectivity index (χ4n) is 3.33. The van der Waals surface area contributed by atoms with Gasteiger partial charge in [-0.1, -0.05) is 60.2 Å². The first-order valence-electron chi connectivity index (χ1n) is 11.0. The van der Waals surface area contributed by atoms with Crippen molar-refractivity contribution in [2.75, 3.05) is 12.0 Å². The Hall–Kier alpha value is -3.84. The van der Waals surface area contributed by atoms with Gasteiger partial charge in [0.2, 0.25) is 5.91 Å². The molecule has 188 valence electrons. The molecule has 0 spiro atoms. The van der Waals surface area contributed by atoms with Crippen LogP contribution in [0.4, 0.5) is 17.1 Å². The lowest BCUT2D eigenvalue weighted by atomic mass is 10.1. The largest absolute Gasteiger partial charge is 0.300 e. The van der Waals surface area contributed by atoms with Gasteiger partial charge in [0.05, 0.1) is 20.8 Å². The minimum Gasteiger partial charge on any atom is -0.293 e. The smallest absolute Gasteiger partial charge is 0.293 e. The van der Waals surface area contributed by atoms with Gasteiger partial charge in [0, 0.05) is 19.0 Å². The van der Waals surface area contributed by atoms with E-state index in [0.29, 0.717) is 35.0 Å². The first-order chi connectivity index (χ1) is 17.2. The van der Waals surface area contributed by atoms with Crippen LogP contribution in [0.2, 0.25) is 0 Å². The SMILES string of the molecule is Cc1ccc(/C=C2\SC(=S)N(CCCCCC(=O)NNc3ccc([N+](=O)[O-])cc3[N+](=O)[O-])C2=O)cc1. The van der Waals surface area contributed by atoms with Crippen LogP contribution in [0.1, 0.15) is 36.8 Å². The van der Waals surface area contributed by atoms with Crippen molar-refractivity contribution < 1.29 is 19.4 Å². The lowest BCUT2D eigenvalue weighted by Gasteiger charge is -2.14. The number of benzene rings is 2. The number of non-ortho nitro benzene ring substituents is 1. The van der Waals surface area contributed by atoms with Crippen LogP contribution in [0.5, 0.6) is 0 Å². The fraction of sp³-hybridized carbons (Fsp3) is 0.261. The number of carbonyl (C=O) groups excluding carboxylic acids is 2. The number of thioether (sulfide) groups is 1. The predicted octanol–water partition coefficient (Wildman–Crippen LogP) is 4.72. The molecule has 2 N–H and O–H groups in total. The molecule has 2 amide bonds. The van der Waals surface area contributed by atoms with Gasteiger partial charge < -0.3 is 0 Å². The highest BCUT2D eigenvalue weighted by Crippen LogP contribution is 2.33. The van der Waals surface area contributed by atoms with Crippen molar-refractivity contribution in [1.82, 2.24) is 10.3 Å². The molecule has 3 rings (SSSR count). The van der Waals surface area contributed by atoms with Gasteiger partial charge in [-0.25, -0.2) is 0 Å². The standard InChI is InChI=1S/C23H23N5O6S2/c1-15-6-8-16(9-7-15)13-20-22(30)26(23(35)36-20)12-4-2-3-5-21(29)25-24-18-11-10-17(27(31)32)14-19(18)28(33)34/h6-11,13-14,24H,2-5,12H2,1H3,(H,25,29)/b20-13-. The lowest BCUT2D eigenvalue weighted by Crippen LogP contribution is -2.30. The Morgan fingerprint density at radius 1 is 1.08 bits per heavy atom. The molecule has 0 saturated carbocycles. The van der Waals surface area contributed by atoms with E-state index in [1.807, 2.05) is 37.3 Å². The van der Waals surface area contributed by atoms with E-state index in [9.17, 15) is 29.8 Å². The molecule has 2 aromatic rings. The van der Waals surface area contributed by atoms with E-state index in [0.717, 1.165) is 29.3 Å². The molecule has 1 fully saturated rings. The molecule has 1 aliphatic rings. The Morgan fingerprint density at radius 3 is 2.47 bits per heavy atom. The third-order valence-corrected chi connectivity index (χ3v) is 6.64. The monoisotopic (exact) mass is 529 g/mol. The average molecular weight is 530 g/mol. The van der Waals surface area contributed by atoms with E-state index in [-0.39, 0.29) is 18.0 Å². The summed E-state index contributed by atoms with van der Waals surface area (Å²) >= 11 is 6.62. The van der Waals surface area contributed by atoms with Crippen LogP contribution in [0.25, 0.3) is 6.08 Å². The highest BCUT2D eigenvalue weighted by Gasteiger charge is 2.31. The van der Waals surface area contributed by atoms with Gasteiger partial charge >= 0.3 is 5.69 Å². The van der Waals surface area contributed by atoms with Gasteiger partial charge in [-0.2, -0.15) is 0 Å². The molecular weight excluding hydrogens is 506 g/mol. The number of rotatable bonds is 11. The van der Waals surface area contributed by atoms with Crippen LogP contribution in [0.15, 0.2) is 47.4 Å². The topological polar surface area (TPSA) is 148 Å². The number of unbranched alkanes of at least 4 members (excludes halogenated alkanes) is 2. The summed E-state index contributed by atoms with van der Waals surface area (Å²) in [5.74, 6) is -0.522. The normalized spacial score (nSPS) is 14.2. The number of hydrogen-bond acceptors (Lipinski definition) is 9. The van der Waals surface area contributed by atoms with Crippen LogP contribution < -0.4 is 10.9 Å². The van der Waals surface area contributed by atoms with Crippen LogP contribution in [-0.2, 0) is 9.59 Å². The second-order valence-corrected chi connectivity index (χ2v) is 9.62. The molecule has 0 unspecified atom stereocenters. The number of hydrazine groups is 1. The van der Waals surface area contributed by atoms with Crippen LogP contribution in [0, 0.1) is 27.2 Å². The molecule has 0 atom stereocenters. The summed E-state index contributed by atoms with van der Waals surface area (Å²) < 4.78 is 0.505. The number of amides is 2. The summed E-state index contributed by atoms with van der Waals surface area (Å²) in [6, 6.07) is 10.9. The van der Waals surface area contributed by atoms with E-state index >= 15 is 0 Å². The number of nitro benzene ring substituents is 2. The highest BCUT2D eigenvalue weighted by molar-refractivity contribution is 8.26. The Balaban J connectivity index is 1.41.